The van der Waals surface area contributed by atoms with E-state index in [1.807, 2.05) is 0 Å². The van der Waals surface area contributed by atoms with E-state index < -0.39 is 27.6 Å². The van der Waals surface area contributed by atoms with Crippen LogP contribution < -0.4 is 10.3 Å². The molecule has 0 fully saturated rings. The number of hydrogen-bond donors (Lipinski definition) is 2. The highest BCUT2D eigenvalue weighted by Gasteiger charge is 2.29. The molecule has 0 saturated heterocycles. The predicted molar refractivity (Wildman–Crippen MR) is 68.0 cm³/mol. The zero-order valence-electron chi connectivity index (χ0n) is 10.8. The lowest BCUT2D eigenvalue weighted by atomic mass is 10.1. The summed E-state index contributed by atoms with van der Waals surface area (Å²) in [4.78, 5) is 24.5. The smallest absolute Gasteiger partial charge is 0.324 e. The van der Waals surface area contributed by atoms with Crippen LogP contribution in [0, 0.1) is 5.92 Å². The number of nitrogens with one attached hydrogen (secondary N) is 2. The molecular weight excluding hydrogens is 272 g/mol. The van der Waals surface area contributed by atoms with E-state index in [1.165, 1.54) is 7.11 Å². The molecule has 2 N–H and O–H groups in total. The molecule has 0 aliphatic rings. The Bertz CT molecular complexity index is 585. The Hall–Kier alpha value is -1.67. The van der Waals surface area contributed by atoms with Crippen molar-refractivity contribution in [2.75, 3.05) is 7.11 Å². The number of sulfonamides is 1. The largest absolute Gasteiger partial charge is 0.468 e. The van der Waals surface area contributed by atoms with E-state index >= 15 is 0 Å². The van der Waals surface area contributed by atoms with Crippen LogP contribution in [0.25, 0.3) is 0 Å². The van der Waals surface area contributed by atoms with E-state index in [2.05, 4.69) is 14.4 Å². The number of carbonyl (C=O) groups excluding carboxylic acids is 1. The molecule has 0 amide bonds. The van der Waals surface area contributed by atoms with Crippen LogP contribution in [0.3, 0.4) is 0 Å². The topological polar surface area (TPSA) is 105 Å². The lowest BCUT2D eigenvalue weighted by Crippen LogP contribution is -2.44. The van der Waals surface area contributed by atoms with Gasteiger partial charge in [-0.05, 0) is 12.0 Å². The van der Waals surface area contributed by atoms with Crippen LogP contribution in [0.2, 0.25) is 0 Å². The Balaban J connectivity index is 3.04. The fourth-order valence-corrected chi connectivity index (χ4v) is 2.68. The molecule has 0 radical (unpaired) electrons. The van der Waals surface area contributed by atoms with Crippen LogP contribution in [-0.2, 0) is 19.6 Å². The van der Waals surface area contributed by atoms with Crippen molar-refractivity contribution in [3.05, 3.63) is 28.7 Å². The van der Waals surface area contributed by atoms with Gasteiger partial charge in [0.15, 0.2) is 0 Å². The van der Waals surface area contributed by atoms with Crippen LogP contribution in [0.15, 0.2) is 28.0 Å². The first-order chi connectivity index (χ1) is 8.77. The molecule has 0 saturated carbocycles. The number of ether oxygens (including phenoxy) is 1. The van der Waals surface area contributed by atoms with Gasteiger partial charge in [0.1, 0.15) is 6.04 Å². The van der Waals surface area contributed by atoms with Crippen LogP contribution in [0.1, 0.15) is 13.8 Å². The molecule has 1 aromatic heterocycles. The van der Waals surface area contributed by atoms with E-state index in [0.29, 0.717) is 0 Å². The predicted octanol–water partition coefficient (Wildman–Crippen LogP) is -0.149. The Morgan fingerprint density at radius 3 is 2.42 bits per heavy atom. The number of esters is 1. The average Bonchev–Trinajstić information content (AvgIpc) is 2.35. The van der Waals surface area contributed by atoms with E-state index in [9.17, 15) is 18.0 Å². The van der Waals surface area contributed by atoms with Crippen molar-refractivity contribution in [1.29, 1.82) is 0 Å². The summed E-state index contributed by atoms with van der Waals surface area (Å²) in [5.74, 6) is -0.937. The first-order valence-electron chi connectivity index (χ1n) is 5.57. The van der Waals surface area contributed by atoms with Crippen LogP contribution in [-0.4, -0.2) is 32.5 Å². The minimum absolute atomic E-state index is 0.123. The molecule has 106 valence electrons. The van der Waals surface area contributed by atoms with E-state index in [-0.39, 0.29) is 10.8 Å². The average molecular weight is 288 g/mol. The maximum atomic E-state index is 12.0. The molecule has 0 aliphatic carbocycles. The van der Waals surface area contributed by atoms with Crippen LogP contribution in [0.5, 0.6) is 0 Å². The lowest BCUT2D eigenvalue weighted by molar-refractivity contribution is -0.143. The van der Waals surface area contributed by atoms with Crippen molar-refractivity contribution in [3.63, 3.8) is 0 Å². The zero-order valence-corrected chi connectivity index (χ0v) is 11.7. The van der Waals surface area contributed by atoms with Gasteiger partial charge in [0.05, 0.1) is 12.0 Å². The number of aromatic nitrogens is 1. The number of H-pyrrole nitrogens is 1. The second kappa shape index (κ2) is 5.98. The van der Waals surface area contributed by atoms with Gasteiger partial charge in [0, 0.05) is 12.3 Å². The normalized spacial score (nSPS) is 13.3. The van der Waals surface area contributed by atoms with Gasteiger partial charge < -0.3 is 9.72 Å². The summed E-state index contributed by atoms with van der Waals surface area (Å²) >= 11 is 0. The minimum Gasteiger partial charge on any atom is -0.468 e. The van der Waals surface area contributed by atoms with Gasteiger partial charge in [-0.25, -0.2) is 8.42 Å². The lowest BCUT2D eigenvalue weighted by Gasteiger charge is -2.19. The highest BCUT2D eigenvalue weighted by atomic mass is 32.2. The summed E-state index contributed by atoms with van der Waals surface area (Å²) in [6, 6.07) is 1.27. The van der Waals surface area contributed by atoms with Gasteiger partial charge in [-0.15, -0.1) is 0 Å². The Kier molecular flexibility index (Phi) is 4.84. The van der Waals surface area contributed by atoms with Gasteiger partial charge in [-0.3, -0.25) is 9.59 Å². The van der Waals surface area contributed by atoms with Gasteiger partial charge in [0.2, 0.25) is 15.6 Å². The van der Waals surface area contributed by atoms with E-state index in [0.717, 1.165) is 18.3 Å². The highest BCUT2D eigenvalue weighted by molar-refractivity contribution is 7.89. The first-order valence-corrected chi connectivity index (χ1v) is 7.05. The zero-order chi connectivity index (χ0) is 14.6. The Morgan fingerprint density at radius 2 is 2.00 bits per heavy atom. The summed E-state index contributed by atoms with van der Waals surface area (Å²) in [5, 5.41) is 0. The fourth-order valence-electron chi connectivity index (χ4n) is 1.38. The van der Waals surface area contributed by atoms with E-state index in [1.54, 1.807) is 13.8 Å². The second-order valence-electron chi connectivity index (χ2n) is 4.25. The van der Waals surface area contributed by atoms with Gasteiger partial charge in [0.25, 0.3) is 0 Å². The SMILES string of the molecule is COC(=O)[C@@H](NS(=O)(=O)c1ccc(=O)[nH]c1)C(C)C. The summed E-state index contributed by atoms with van der Waals surface area (Å²) in [6.45, 7) is 3.38. The number of pyridine rings is 1. The molecule has 19 heavy (non-hydrogen) atoms. The standard InChI is InChI=1S/C11H16N2O5S/c1-7(2)10(11(15)18-3)13-19(16,17)8-4-5-9(14)12-6-8/h4-7,10,13H,1-3H3,(H,12,14)/t10-/m0/s1. The molecule has 0 aliphatic heterocycles. The molecule has 7 nitrogen and oxygen atoms in total. The van der Waals surface area contributed by atoms with Crippen molar-refractivity contribution in [2.45, 2.75) is 24.8 Å². The van der Waals surface area contributed by atoms with Crippen molar-refractivity contribution in [2.24, 2.45) is 5.92 Å². The summed E-state index contributed by atoms with van der Waals surface area (Å²) < 4.78 is 30.9. The quantitative estimate of drug-likeness (QED) is 0.733. The molecule has 8 heteroatoms. The van der Waals surface area contributed by atoms with Crippen molar-refractivity contribution in [1.82, 2.24) is 9.71 Å². The van der Waals surface area contributed by atoms with Crippen LogP contribution >= 0.6 is 0 Å². The van der Waals surface area contributed by atoms with Crippen molar-refractivity contribution < 1.29 is 17.9 Å². The summed E-state index contributed by atoms with van der Waals surface area (Å²) in [7, 11) is -2.71. The molecule has 0 bridgehead atoms. The first kappa shape index (κ1) is 15.4. The Morgan fingerprint density at radius 1 is 1.37 bits per heavy atom. The van der Waals surface area contributed by atoms with Gasteiger partial charge in [-0.2, -0.15) is 4.72 Å². The number of methoxy groups -OCH3 is 1. The summed E-state index contributed by atoms with van der Waals surface area (Å²) in [6.07, 6.45) is 1.07. The number of hydrogen-bond acceptors (Lipinski definition) is 5. The van der Waals surface area contributed by atoms with E-state index in [4.69, 9.17) is 0 Å². The monoisotopic (exact) mass is 288 g/mol. The molecule has 1 heterocycles. The van der Waals surface area contributed by atoms with Crippen LogP contribution in [0.4, 0.5) is 0 Å². The molecule has 1 rings (SSSR count). The van der Waals surface area contributed by atoms with Crippen molar-refractivity contribution >= 4 is 16.0 Å². The minimum atomic E-state index is -3.90. The molecule has 0 spiro atoms. The third kappa shape index (κ3) is 3.90. The Labute approximate surface area is 111 Å². The van der Waals surface area contributed by atoms with Gasteiger partial charge >= 0.3 is 5.97 Å². The third-order valence-corrected chi connectivity index (χ3v) is 3.91. The molecule has 0 aromatic carbocycles. The highest BCUT2D eigenvalue weighted by Crippen LogP contribution is 2.10. The maximum absolute atomic E-state index is 12.0. The molecule has 0 unspecified atom stereocenters. The number of carbonyl (C=O) groups is 1. The molecule has 1 aromatic rings. The number of aromatic amines is 1. The van der Waals surface area contributed by atoms with Crippen molar-refractivity contribution in [3.8, 4) is 0 Å². The number of rotatable bonds is 5. The fraction of sp³-hybridized carbons (Fsp3) is 0.455. The molecule has 1 atom stereocenters. The second-order valence-corrected chi connectivity index (χ2v) is 5.97. The van der Waals surface area contributed by atoms with Gasteiger partial charge in [-0.1, -0.05) is 13.8 Å². The third-order valence-electron chi connectivity index (χ3n) is 2.47. The maximum Gasteiger partial charge on any atom is 0.324 e. The molecular formula is C11H16N2O5S. The summed E-state index contributed by atoms with van der Waals surface area (Å²) in [5.41, 5.74) is -0.410.